The molecule has 0 amide bonds. The summed E-state index contributed by atoms with van der Waals surface area (Å²) in [6.45, 7) is 8.24. The van der Waals surface area contributed by atoms with E-state index in [1.807, 2.05) is 0 Å². The Kier molecular flexibility index (Phi) is 2.13. The van der Waals surface area contributed by atoms with Gasteiger partial charge in [0.25, 0.3) is 0 Å². The highest BCUT2D eigenvalue weighted by Gasteiger charge is 2.43. The molecular formula is C8H11NO2. The number of carbonyl (C=O) groups is 1. The Morgan fingerprint density at radius 1 is 1.55 bits per heavy atom. The lowest BCUT2D eigenvalue weighted by atomic mass is 10.2. The second-order valence-electron chi connectivity index (χ2n) is 2.86. The van der Waals surface area contributed by atoms with Crippen LogP contribution in [0.15, 0.2) is 0 Å². The average molecular weight is 153 g/mol. The molecule has 0 saturated heterocycles. The van der Waals surface area contributed by atoms with Gasteiger partial charge >= 0.3 is 11.7 Å². The molecule has 0 aromatic carbocycles. The van der Waals surface area contributed by atoms with Crippen LogP contribution in [0.1, 0.15) is 32.6 Å². The van der Waals surface area contributed by atoms with Gasteiger partial charge in [-0.3, -0.25) is 9.64 Å². The fraction of sp³-hybridized carbons (Fsp3) is 0.750. The molecule has 60 valence electrons. The normalized spacial score (nSPS) is 20.7. The van der Waals surface area contributed by atoms with E-state index >= 15 is 0 Å². The summed E-state index contributed by atoms with van der Waals surface area (Å²) in [4.78, 5) is 14.0. The lowest BCUT2D eigenvalue weighted by molar-refractivity contribution is -0.152. The first-order valence-corrected chi connectivity index (χ1v) is 3.77. The van der Waals surface area contributed by atoms with Gasteiger partial charge in [0.2, 0.25) is 0 Å². The van der Waals surface area contributed by atoms with Crippen LogP contribution < -0.4 is 0 Å². The van der Waals surface area contributed by atoms with Crippen molar-refractivity contribution < 1.29 is 9.53 Å². The predicted octanol–water partition coefficient (Wildman–Crippen LogP) is 1.74. The van der Waals surface area contributed by atoms with Gasteiger partial charge in [0.05, 0.1) is 12.8 Å². The van der Waals surface area contributed by atoms with E-state index in [1.165, 1.54) is 6.92 Å². The quantitative estimate of drug-likeness (QED) is 0.424. The Morgan fingerprint density at radius 3 is 2.45 bits per heavy atom. The molecule has 3 heteroatoms. The molecule has 0 heterocycles. The van der Waals surface area contributed by atoms with Crippen molar-refractivity contribution in [1.82, 2.24) is 0 Å². The van der Waals surface area contributed by atoms with Crippen molar-refractivity contribution in [2.45, 2.75) is 38.3 Å². The highest BCUT2D eigenvalue weighted by atomic mass is 16.6. The molecule has 3 nitrogen and oxygen atoms in total. The molecule has 0 aromatic heterocycles. The SMILES string of the molecule is [C-]#[N+]C1(OC(C)=O)CCCC1. The molecule has 1 rings (SSSR count). The maximum atomic E-state index is 10.6. The van der Waals surface area contributed by atoms with E-state index in [4.69, 9.17) is 11.3 Å². The average Bonchev–Trinajstić information content (AvgIpc) is 2.36. The Hall–Kier alpha value is -1.04. The molecule has 1 aliphatic carbocycles. The monoisotopic (exact) mass is 153 g/mol. The van der Waals surface area contributed by atoms with Crippen molar-refractivity contribution in [1.29, 1.82) is 0 Å². The van der Waals surface area contributed by atoms with Crippen LogP contribution in [0.25, 0.3) is 4.85 Å². The van der Waals surface area contributed by atoms with Crippen LogP contribution in [0, 0.1) is 6.57 Å². The molecule has 0 aromatic rings. The molecule has 1 saturated carbocycles. The van der Waals surface area contributed by atoms with Crippen LogP contribution in [-0.2, 0) is 9.53 Å². The molecule has 0 radical (unpaired) electrons. The van der Waals surface area contributed by atoms with Gasteiger partial charge < -0.3 is 4.74 Å². The fourth-order valence-corrected chi connectivity index (χ4v) is 1.43. The van der Waals surface area contributed by atoms with Crippen molar-refractivity contribution in [3.05, 3.63) is 11.4 Å². The van der Waals surface area contributed by atoms with Gasteiger partial charge in [-0.2, -0.15) is 0 Å². The summed E-state index contributed by atoms with van der Waals surface area (Å²) in [5.41, 5.74) is -0.800. The number of hydrogen-bond donors (Lipinski definition) is 0. The molecule has 0 bridgehead atoms. The summed E-state index contributed by atoms with van der Waals surface area (Å²) in [5.74, 6) is -0.345. The van der Waals surface area contributed by atoms with E-state index in [-0.39, 0.29) is 5.97 Å². The second kappa shape index (κ2) is 2.91. The topological polar surface area (TPSA) is 30.7 Å². The lowest BCUT2D eigenvalue weighted by Gasteiger charge is -2.13. The van der Waals surface area contributed by atoms with Gasteiger partial charge in [-0.05, 0) is 12.8 Å². The number of rotatable bonds is 1. The number of carbonyl (C=O) groups excluding carboxylic acids is 1. The molecule has 0 aliphatic heterocycles. The zero-order valence-corrected chi connectivity index (χ0v) is 6.59. The van der Waals surface area contributed by atoms with Gasteiger partial charge in [0.15, 0.2) is 0 Å². The number of nitrogens with zero attached hydrogens (tertiary/aromatic N) is 1. The minimum atomic E-state index is -0.800. The summed E-state index contributed by atoms with van der Waals surface area (Å²) in [6, 6.07) is 0. The molecule has 11 heavy (non-hydrogen) atoms. The predicted molar refractivity (Wildman–Crippen MR) is 39.6 cm³/mol. The van der Waals surface area contributed by atoms with Gasteiger partial charge in [0, 0.05) is 6.92 Å². The molecule has 0 spiro atoms. The largest absolute Gasteiger partial charge is 0.389 e. The number of esters is 1. The first-order chi connectivity index (χ1) is 5.18. The number of ether oxygens (including phenoxy) is 1. The van der Waals surface area contributed by atoms with Gasteiger partial charge in [-0.25, -0.2) is 6.57 Å². The molecule has 0 atom stereocenters. The van der Waals surface area contributed by atoms with Crippen molar-refractivity contribution in [3.8, 4) is 0 Å². The summed E-state index contributed by atoms with van der Waals surface area (Å²) in [6.07, 6.45) is 3.40. The first-order valence-electron chi connectivity index (χ1n) is 3.77. The van der Waals surface area contributed by atoms with E-state index in [9.17, 15) is 4.79 Å². The summed E-state index contributed by atoms with van der Waals surface area (Å²) in [5, 5.41) is 0. The van der Waals surface area contributed by atoms with Crippen LogP contribution in [-0.4, -0.2) is 11.7 Å². The van der Waals surface area contributed by atoms with Crippen molar-refractivity contribution in [3.63, 3.8) is 0 Å². The smallest absolute Gasteiger partial charge is 0.377 e. The minimum Gasteiger partial charge on any atom is -0.389 e. The van der Waals surface area contributed by atoms with Crippen LogP contribution in [0.2, 0.25) is 0 Å². The molecule has 1 fully saturated rings. The Morgan fingerprint density at radius 2 is 2.09 bits per heavy atom. The van der Waals surface area contributed by atoms with E-state index in [0.29, 0.717) is 12.8 Å². The zero-order chi connectivity index (χ0) is 8.32. The van der Waals surface area contributed by atoms with E-state index in [0.717, 1.165) is 12.8 Å². The zero-order valence-electron chi connectivity index (χ0n) is 6.59. The van der Waals surface area contributed by atoms with Gasteiger partial charge in [0.1, 0.15) is 0 Å². The lowest BCUT2D eigenvalue weighted by Crippen LogP contribution is -2.26. The minimum absolute atomic E-state index is 0.345. The van der Waals surface area contributed by atoms with Crippen molar-refractivity contribution in [2.24, 2.45) is 0 Å². The molecule has 0 N–H and O–H groups in total. The third-order valence-electron chi connectivity index (χ3n) is 1.92. The van der Waals surface area contributed by atoms with Crippen molar-refractivity contribution in [2.75, 3.05) is 0 Å². The highest BCUT2D eigenvalue weighted by Crippen LogP contribution is 2.34. The third-order valence-corrected chi connectivity index (χ3v) is 1.92. The highest BCUT2D eigenvalue weighted by molar-refractivity contribution is 5.66. The maximum absolute atomic E-state index is 10.6. The standard InChI is InChI=1S/C8H11NO2/c1-7(10)11-8(9-2)5-3-4-6-8/h3-6H2,1H3. The first kappa shape index (κ1) is 8.06. The molecular weight excluding hydrogens is 142 g/mol. The Bertz CT molecular complexity index is 199. The second-order valence-corrected chi connectivity index (χ2v) is 2.86. The van der Waals surface area contributed by atoms with Gasteiger partial charge in [-0.1, -0.05) is 0 Å². The van der Waals surface area contributed by atoms with Gasteiger partial charge in [-0.15, -0.1) is 0 Å². The van der Waals surface area contributed by atoms with E-state index in [1.54, 1.807) is 0 Å². The third kappa shape index (κ3) is 1.70. The van der Waals surface area contributed by atoms with Crippen LogP contribution in [0.3, 0.4) is 0 Å². The van der Waals surface area contributed by atoms with E-state index in [2.05, 4.69) is 4.85 Å². The van der Waals surface area contributed by atoms with Crippen LogP contribution in [0.5, 0.6) is 0 Å². The van der Waals surface area contributed by atoms with Crippen LogP contribution >= 0.6 is 0 Å². The summed E-state index contributed by atoms with van der Waals surface area (Å²) in [7, 11) is 0. The van der Waals surface area contributed by atoms with Crippen LogP contribution in [0.4, 0.5) is 0 Å². The molecule has 0 unspecified atom stereocenters. The summed E-state index contributed by atoms with van der Waals surface area (Å²) < 4.78 is 4.95. The maximum Gasteiger partial charge on any atom is 0.377 e. The fourth-order valence-electron chi connectivity index (χ4n) is 1.43. The molecule has 1 aliphatic rings. The summed E-state index contributed by atoms with van der Waals surface area (Å²) >= 11 is 0. The number of hydrogen-bond acceptors (Lipinski definition) is 2. The Balaban J connectivity index is 2.61. The van der Waals surface area contributed by atoms with E-state index < -0.39 is 5.72 Å². The Labute approximate surface area is 66.2 Å². The van der Waals surface area contributed by atoms with Crippen molar-refractivity contribution >= 4 is 5.97 Å².